The van der Waals surface area contributed by atoms with E-state index >= 15 is 0 Å². The third-order valence-electron chi connectivity index (χ3n) is 4.00. The van der Waals surface area contributed by atoms with E-state index in [2.05, 4.69) is 16.0 Å². The number of nitrogens with one attached hydrogen (secondary N) is 3. The Balaban J connectivity index is 2.07. The first-order valence-electron chi connectivity index (χ1n) is 8.59. The van der Waals surface area contributed by atoms with Crippen LogP contribution in [0.5, 0.6) is 0 Å². The zero-order chi connectivity index (χ0) is 19.2. The molecule has 0 aromatic heterocycles. The van der Waals surface area contributed by atoms with Crippen LogP contribution in [0, 0.1) is 0 Å². The van der Waals surface area contributed by atoms with Crippen molar-refractivity contribution < 1.29 is 22.8 Å². The Bertz CT molecular complexity index is 643. The van der Waals surface area contributed by atoms with Crippen LogP contribution in [-0.4, -0.2) is 38.1 Å². The molecule has 0 radical (unpaired) electrons. The van der Waals surface area contributed by atoms with Gasteiger partial charge >= 0.3 is 12.2 Å². The van der Waals surface area contributed by atoms with Gasteiger partial charge in [0.05, 0.1) is 23.5 Å². The minimum absolute atomic E-state index is 0.228. The first-order chi connectivity index (χ1) is 12.3. The van der Waals surface area contributed by atoms with Gasteiger partial charge in [-0.3, -0.25) is 10.1 Å². The van der Waals surface area contributed by atoms with E-state index in [1.54, 1.807) is 0 Å². The molecule has 6 nitrogen and oxygen atoms in total. The molecule has 0 saturated carbocycles. The zero-order valence-corrected chi connectivity index (χ0v) is 14.6. The third kappa shape index (κ3) is 5.53. The van der Waals surface area contributed by atoms with Gasteiger partial charge in [0.15, 0.2) is 0 Å². The Kier molecular flexibility index (Phi) is 6.70. The van der Waals surface area contributed by atoms with Crippen molar-refractivity contribution in [1.82, 2.24) is 10.6 Å². The van der Waals surface area contributed by atoms with Crippen LogP contribution >= 0.6 is 0 Å². The molecule has 0 atom stereocenters. The molecular weight excluding hydrogens is 349 g/mol. The number of rotatable bonds is 6. The standard InChI is InChI=1S/C17H23F3N4O2/c1-2-7-21-16(26)23-15(25)11-22-13-10-12(17(18,19)20)5-6-14(13)24-8-3-4-9-24/h5-6,10,22H,2-4,7-9,11H2,1H3,(H2,21,23,25,26). The highest BCUT2D eigenvalue weighted by Crippen LogP contribution is 2.36. The largest absolute Gasteiger partial charge is 0.416 e. The maximum absolute atomic E-state index is 13.0. The van der Waals surface area contributed by atoms with Gasteiger partial charge in [-0.1, -0.05) is 6.92 Å². The quantitative estimate of drug-likeness (QED) is 0.718. The minimum atomic E-state index is -4.47. The lowest BCUT2D eigenvalue weighted by Crippen LogP contribution is -2.42. The van der Waals surface area contributed by atoms with Gasteiger partial charge in [0.25, 0.3) is 0 Å². The van der Waals surface area contributed by atoms with E-state index in [4.69, 9.17) is 0 Å². The average Bonchev–Trinajstić information content (AvgIpc) is 3.11. The van der Waals surface area contributed by atoms with Crippen molar-refractivity contribution in [3.05, 3.63) is 23.8 Å². The summed E-state index contributed by atoms with van der Waals surface area (Å²) in [5.74, 6) is -0.622. The van der Waals surface area contributed by atoms with E-state index in [-0.39, 0.29) is 12.2 Å². The van der Waals surface area contributed by atoms with Crippen LogP contribution in [0.25, 0.3) is 0 Å². The molecule has 26 heavy (non-hydrogen) atoms. The lowest BCUT2D eigenvalue weighted by atomic mass is 10.1. The fourth-order valence-electron chi connectivity index (χ4n) is 2.72. The number of amides is 3. The number of halogens is 3. The number of carbonyl (C=O) groups is 2. The molecule has 1 heterocycles. The molecule has 0 spiro atoms. The van der Waals surface area contributed by atoms with Crippen molar-refractivity contribution in [1.29, 1.82) is 0 Å². The van der Waals surface area contributed by atoms with Crippen LogP contribution in [0.1, 0.15) is 31.7 Å². The molecule has 1 aliphatic rings. The van der Waals surface area contributed by atoms with Gasteiger partial charge in [0.1, 0.15) is 0 Å². The molecule has 0 aliphatic carbocycles. The summed E-state index contributed by atoms with van der Waals surface area (Å²) < 4.78 is 39.0. The Hall–Kier alpha value is -2.45. The Morgan fingerprint density at radius 3 is 2.50 bits per heavy atom. The molecular formula is C17H23F3N4O2. The summed E-state index contributed by atoms with van der Waals surface area (Å²) in [7, 11) is 0. The molecule has 1 fully saturated rings. The smallest absolute Gasteiger partial charge is 0.374 e. The molecule has 1 aliphatic heterocycles. The number of carbonyl (C=O) groups excluding carboxylic acids is 2. The molecule has 0 unspecified atom stereocenters. The van der Waals surface area contributed by atoms with Crippen LogP contribution < -0.4 is 20.9 Å². The van der Waals surface area contributed by atoms with Crippen molar-refractivity contribution in [3.63, 3.8) is 0 Å². The monoisotopic (exact) mass is 372 g/mol. The van der Waals surface area contributed by atoms with Crippen LogP contribution in [0.2, 0.25) is 0 Å². The van der Waals surface area contributed by atoms with E-state index < -0.39 is 23.7 Å². The number of urea groups is 1. The average molecular weight is 372 g/mol. The van der Waals surface area contributed by atoms with Crippen LogP contribution in [0.3, 0.4) is 0 Å². The molecule has 144 valence electrons. The second-order valence-corrected chi connectivity index (χ2v) is 6.08. The fourth-order valence-corrected chi connectivity index (χ4v) is 2.72. The number of hydrogen-bond acceptors (Lipinski definition) is 4. The van der Waals surface area contributed by atoms with Crippen molar-refractivity contribution in [2.24, 2.45) is 0 Å². The van der Waals surface area contributed by atoms with E-state index in [1.807, 2.05) is 11.8 Å². The topological polar surface area (TPSA) is 73.5 Å². The number of nitrogens with zero attached hydrogens (tertiary/aromatic N) is 1. The second kappa shape index (κ2) is 8.77. The molecule has 2 rings (SSSR count). The van der Waals surface area contributed by atoms with Gasteiger partial charge in [0.2, 0.25) is 5.91 Å². The molecule has 3 amide bonds. The van der Waals surface area contributed by atoms with Crippen molar-refractivity contribution in [2.75, 3.05) is 36.4 Å². The number of hydrogen-bond donors (Lipinski definition) is 3. The third-order valence-corrected chi connectivity index (χ3v) is 4.00. The summed E-state index contributed by atoms with van der Waals surface area (Å²) in [6.07, 6.45) is -1.80. The summed E-state index contributed by atoms with van der Waals surface area (Å²) in [5.41, 5.74) is 0.0635. The van der Waals surface area contributed by atoms with Gasteiger partial charge in [-0.25, -0.2) is 4.79 Å². The first-order valence-corrected chi connectivity index (χ1v) is 8.59. The van der Waals surface area contributed by atoms with E-state index in [0.29, 0.717) is 12.2 Å². The van der Waals surface area contributed by atoms with Crippen molar-refractivity contribution in [3.8, 4) is 0 Å². The minimum Gasteiger partial charge on any atom is -0.374 e. The highest BCUT2D eigenvalue weighted by Gasteiger charge is 2.31. The van der Waals surface area contributed by atoms with Gasteiger partial charge < -0.3 is 15.5 Å². The van der Waals surface area contributed by atoms with Gasteiger partial charge in [0, 0.05) is 19.6 Å². The van der Waals surface area contributed by atoms with Gasteiger partial charge in [-0.2, -0.15) is 13.2 Å². The fraction of sp³-hybridized carbons (Fsp3) is 0.529. The molecule has 9 heteroatoms. The highest BCUT2D eigenvalue weighted by molar-refractivity contribution is 5.96. The lowest BCUT2D eigenvalue weighted by molar-refractivity contribution is -0.137. The molecule has 1 aromatic carbocycles. The molecule has 3 N–H and O–H groups in total. The summed E-state index contributed by atoms with van der Waals surface area (Å²) in [6.45, 7) is 3.51. The molecule has 1 aromatic rings. The summed E-state index contributed by atoms with van der Waals surface area (Å²) in [4.78, 5) is 25.3. The lowest BCUT2D eigenvalue weighted by Gasteiger charge is -2.23. The summed E-state index contributed by atoms with van der Waals surface area (Å²) >= 11 is 0. The maximum Gasteiger partial charge on any atom is 0.416 e. The normalized spacial score (nSPS) is 14.2. The first kappa shape index (κ1) is 19.9. The van der Waals surface area contributed by atoms with Gasteiger partial charge in [-0.15, -0.1) is 0 Å². The van der Waals surface area contributed by atoms with Gasteiger partial charge in [-0.05, 0) is 37.5 Å². The van der Waals surface area contributed by atoms with Crippen molar-refractivity contribution >= 4 is 23.3 Å². The van der Waals surface area contributed by atoms with E-state index in [9.17, 15) is 22.8 Å². The highest BCUT2D eigenvalue weighted by atomic mass is 19.4. The van der Waals surface area contributed by atoms with E-state index in [0.717, 1.165) is 44.5 Å². The second-order valence-electron chi connectivity index (χ2n) is 6.08. The summed E-state index contributed by atoms with van der Waals surface area (Å²) in [5, 5.41) is 7.35. The SMILES string of the molecule is CCCNC(=O)NC(=O)CNc1cc(C(F)(F)F)ccc1N1CCCC1. The van der Waals surface area contributed by atoms with Crippen LogP contribution in [0.4, 0.5) is 29.3 Å². The Labute approximate surface area is 150 Å². The van der Waals surface area contributed by atoms with Crippen molar-refractivity contribution in [2.45, 2.75) is 32.4 Å². The summed E-state index contributed by atoms with van der Waals surface area (Å²) in [6, 6.07) is 2.83. The number of anilines is 2. The number of benzene rings is 1. The predicted molar refractivity (Wildman–Crippen MR) is 93.2 cm³/mol. The zero-order valence-electron chi connectivity index (χ0n) is 14.6. The Morgan fingerprint density at radius 2 is 1.88 bits per heavy atom. The maximum atomic E-state index is 13.0. The number of imide groups is 1. The molecule has 0 bridgehead atoms. The molecule has 1 saturated heterocycles. The number of alkyl halides is 3. The predicted octanol–water partition coefficient (Wildman–Crippen LogP) is 2.95. The van der Waals surface area contributed by atoms with Crippen LogP contribution in [0.15, 0.2) is 18.2 Å². The van der Waals surface area contributed by atoms with Crippen LogP contribution in [-0.2, 0) is 11.0 Å². The Morgan fingerprint density at radius 1 is 1.19 bits per heavy atom. The van der Waals surface area contributed by atoms with E-state index in [1.165, 1.54) is 6.07 Å².